The average Bonchev–Trinajstić information content (AvgIpc) is 2.34. The zero-order valence-corrected chi connectivity index (χ0v) is 11.5. The quantitative estimate of drug-likeness (QED) is 0.799. The van der Waals surface area contributed by atoms with Gasteiger partial charge >= 0.3 is 0 Å². The first kappa shape index (κ1) is 14.7. The van der Waals surface area contributed by atoms with Crippen molar-refractivity contribution in [2.75, 3.05) is 26.0 Å². The number of halogens is 1. The minimum atomic E-state index is -0.422. The molecule has 1 unspecified atom stereocenters. The molecule has 1 aromatic heterocycles. The predicted molar refractivity (Wildman–Crippen MR) is 72.1 cm³/mol. The van der Waals surface area contributed by atoms with Crippen LogP contribution in [0.25, 0.3) is 0 Å². The second kappa shape index (κ2) is 6.56. The van der Waals surface area contributed by atoms with Crippen LogP contribution in [0.1, 0.15) is 23.7 Å². The molecule has 1 heterocycles. The van der Waals surface area contributed by atoms with Crippen molar-refractivity contribution in [3.63, 3.8) is 0 Å². The molecule has 0 spiro atoms. The normalized spacial score (nSPS) is 12.1. The molecule has 1 atom stereocenters. The Hall–Kier alpha value is -1.33. The van der Waals surface area contributed by atoms with Crippen molar-refractivity contribution in [3.05, 3.63) is 22.8 Å². The van der Waals surface area contributed by atoms with Crippen LogP contribution in [0.5, 0.6) is 0 Å². The summed E-state index contributed by atoms with van der Waals surface area (Å²) in [5.74, 6) is 0.409. The number of amides is 1. The van der Waals surface area contributed by atoms with Gasteiger partial charge in [0, 0.05) is 26.2 Å². The lowest BCUT2D eigenvalue weighted by molar-refractivity contribution is 0.0769. The van der Waals surface area contributed by atoms with Gasteiger partial charge in [-0.3, -0.25) is 4.79 Å². The van der Waals surface area contributed by atoms with E-state index < -0.39 is 6.10 Å². The summed E-state index contributed by atoms with van der Waals surface area (Å²) in [6.45, 7) is 2.19. The number of pyridine rings is 1. The number of aromatic nitrogens is 1. The van der Waals surface area contributed by atoms with E-state index in [0.717, 1.165) is 0 Å². The highest BCUT2D eigenvalue weighted by Gasteiger charge is 2.14. The maximum absolute atomic E-state index is 12.1. The van der Waals surface area contributed by atoms with Crippen LogP contribution in [0, 0.1) is 0 Å². The Labute approximate surface area is 112 Å². The van der Waals surface area contributed by atoms with Gasteiger partial charge in [-0.15, -0.1) is 0 Å². The Morgan fingerprint density at radius 2 is 2.28 bits per heavy atom. The van der Waals surface area contributed by atoms with Gasteiger partial charge < -0.3 is 15.3 Å². The molecule has 100 valence electrons. The molecule has 0 saturated carbocycles. The number of hydrogen-bond donors (Lipinski definition) is 2. The summed E-state index contributed by atoms with van der Waals surface area (Å²) in [6.07, 6.45) is 0.120. The molecule has 0 aromatic carbocycles. The summed E-state index contributed by atoms with van der Waals surface area (Å²) >= 11 is 5.84. The third-order valence-electron chi connectivity index (χ3n) is 2.53. The van der Waals surface area contributed by atoms with E-state index in [-0.39, 0.29) is 11.1 Å². The summed E-state index contributed by atoms with van der Waals surface area (Å²) in [7, 11) is 3.40. The fourth-order valence-electron chi connectivity index (χ4n) is 1.45. The molecule has 0 aliphatic heterocycles. The Balaban J connectivity index is 2.79. The topological polar surface area (TPSA) is 65.5 Å². The number of rotatable bonds is 5. The number of anilines is 1. The Morgan fingerprint density at radius 3 is 2.83 bits per heavy atom. The van der Waals surface area contributed by atoms with E-state index in [9.17, 15) is 9.90 Å². The Bertz CT molecular complexity index is 424. The van der Waals surface area contributed by atoms with Crippen LogP contribution in [0.3, 0.4) is 0 Å². The van der Waals surface area contributed by atoms with Gasteiger partial charge in [0.2, 0.25) is 0 Å². The van der Waals surface area contributed by atoms with E-state index in [4.69, 9.17) is 11.6 Å². The lowest BCUT2D eigenvalue weighted by Crippen LogP contribution is -2.29. The van der Waals surface area contributed by atoms with E-state index >= 15 is 0 Å². The third kappa shape index (κ3) is 4.16. The van der Waals surface area contributed by atoms with Gasteiger partial charge in [0.1, 0.15) is 11.0 Å². The van der Waals surface area contributed by atoms with E-state index in [0.29, 0.717) is 24.3 Å². The summed E-state index contributed by atoms with van der Waals surface area (Å²) in [5.41, 5.74) is 0.479. The van der Waals surface area contributed by atoms with Gasteiger partial charge in [0.05, 0.1) is 6.10 Å². The molecule has 1 amide bonds. The van der Waals surface area contributed by atoms with E-state index in [1.165, 1.54) is 6.07 Å². The molecular weight excluding hydrogens is 254 g/mol. The van der Waals surface area contributed by atoms with Crippen molar-refractivity contribution >= 4 is 23.3 Å². The Morgan fingerprint density at radius 1 is 1.61 bits per heavy atom. The molecule has 0 aliphatic rings. The molecule has 2 N–H and O–H groups in total. The zero-order chi connectivity index (χ0) is 13.7. The minimum Gasteiger partial charge on any atom is -0.393 e. The van der Waals surface area contributed by atoms with Crippen molar-refractivity contribution < 1.29 is 9.90 Å². The molecule has 0 saturated heterocycles. The molecule has 18 heavy (non-hydrogen) atoms. The van der Waals surface area contributed by atoms with Crippen LogP contribution < -0.4 is 5.32 Å². The first-order valence-corrected chi connectivity index (χ1v) is 6.10. The summed E-state index contributed by atoms with van der Waals surface area (Å²) in [4.78, 5) is 17.7. The monoisotopic (exact) mass is 271 g/mol. The number of aliphatic hydroxyl groups excluding tert-OH is 1. The third-order valence-corrected chi connectivity index (χ3v) is 2.72. The molecule has 0 fully saturated rings. The molecule has 1 rings (SSSR count). The van der Waals surface area contributed by atoms with Crippen LogP contribution in [0.15, 0.2) is 12.1 Å². The average molecular weight is 272 g/mol. The molecule has 1 aromatic rings. The molecule has 5 nitrogen and oxygen atoms in total. The van der Waals surface area contributed by atoms with Crippen LogP contribution in [0.2, 0.25) is 5.15 Å². The number of hydrogen-bond acceptors (Lipinski definition) is 4. The van der Waals surface area contributed by atoms with Crippen molar-refractivity contribution in [2.24, 2.45) is 0 Å². The smallest absolute Gasteiger partial charge is 0.253 e. The fourth-order valence-corrected chi connectivity index (χ4v) is 1.66. The van der Waals surface area contributed by atoms with Gasteiger partial charge in [0.15, 0.2) is 0 Å². The fraction of sp³-hybridized carbons (Fsp3) is 0.500. The molecule has 0 bridgehead atoms. The van der Waals surface area contributed by atoms with Gasteiger partial charge in [0.25, 0.3) is 5.91 Å². The van der Waals surface area contributed by atoms with E-state index in [2.05, 4.69) is 10.3 Å². The second-order valence-corrected chi connectivity index (χ2v) is 4.57. The van der Waals surface area contributed by atoms with Gasteiger partial charge in [-0.05, 0) is 25.5 Å². The minimum absolute atomic E-state index is 0.142. The number of nitrogens with one attached hydrogen (secondary N) is 1. The highest BCUT2D eigenvalue weighted by atomic mass is 35.5. The number of carbonyl (C=O) groups excluding carboxylic acids is 1. The lowest BCUT2D eigenvalue weighted by atomic mass is 10.2. The molecule has 0 radical (unpaired) electrons. The number of nitrogens with zero attached hydrogens (tertiary/aromatic N) is 2. The van der Waals surface area contributed by atoms with Gasteiger partial charge in [-0.25, -0.2) is 4.98 Å². The molecule has 6 heteroatoms. The van der Waals surface area contributed by atoms with Crippen LogP contribution in [0.4, 0.5) is 5.82 Å². The van der Waals surface area contributed by atoms with Crippen molar-refractivity contribution in [3.8, 4) is 0 Å². The molecular formula is C12H18ClN3O2. The number of aliphatic hydroxyl groups is 1. The highest BCUT2D eigenvalue weighted by Crippen LogP contribution is 2.15. The first-order valence-electron chi connectivity index (χ1n) is 5.73. The van der Waals surface area contributed by atoms with Crippen molar-refractivity contribution in [2.45, 2.75) is 19.4 Å². The molecule has 0 aliphatic carbocycles. The van der Waals surface area contributed by atoms with Crippen LogP contribution in [-0.2, 0) is 0 Å². The SMILES string of the molecule is CNc1cc(C(=O)N(C)CCC(C)O)cc(Cl)n1. The first-order chi connectivity index (χ1) is 8.43. The predicted octanol–water partition coefficient (Wildman–Crippen LogP) is 1.62. The standard InChI is InChI=1S/C12H18ClN3O2/c1-8(17)4-5-16(3)12(18)9-6-10(13)15-11(7-9)14-2/h6-8,17H,4-5H2,1-3H3,(H,14,15). The summed E-state index contributed by atoms with van der Waals surface area (Å²) < 4.78 is 0. The van der Waals surface area contributed by atoms with Crippen LogP contribution >= 0.6 is 11.6 Å². The largest absolute Gasteiger partial charge is 0.393 e. The van der Waals surface area contributed by atoms with Crippen molar-refractivity contribution in [1.29, 1.82) is 0 Å². The maximum atomic E-state index is 12.1. The van der Waals surface area contributed by atoms with Crippen molar-refractivity contribution in [1.82, 2.24) is 9.88 Å². The lowest BCUT2D eigenvalue weighted by Gasteiger charge is -2.18. The highest BCUT2D eigenvalue weighted by molar-refractivity contribution is 6.29. The Kier molecular flexibility index (Phi) is 5.37. The summed E-state index contributed by atoms with van der Waals surface area (Å²) in [6, 6.07) is 3.18. The van der Waals surface area contributed by atoms with E-state index in [1.54, 1.807) is 32.0 Å². The van der Waals surface area contributed by atoms with Gasteiger partial charge in [-0.1, -0.05) is 11.6 Å². The van der Waals surface area contributed by atoms with Gasteiger partial charge in [-0.2, -0.15) is 0 Å². The van der Waals surface area contributed by atoms with Crippen LogP contribution in [-0.4, -0.2) is 47.6 Å². The zero-order valence-electron chi connectivity index (χ0n) is 10.8. The summed E-state index contributed by atoms with van der Waals surface area (Å²) in [5, 5.41) is 12.3. The second-order valence-electron chi connectivity index (χ2n) is 4.18. The maximum Gasteiger partial charge on any atom is 0.253 e. The number of carbonyl (C=O) groups is 1. The van der Waals surface area contributed by atoms with E-state index in [1.807, 2.05) is 0 Å².